The number of hydrogen-bond acceptors (Lipinski definition) is 0. The molecule has 0 nitrogen and oxygen atoms in total. The summed E-state index contributed by atoms with van der Waals surface area (Å²) >= 11 is 6.29. The number of aryl methyl sites for hydroxylation is 1. The van der Waals surface area contributed by atoms with E-state index < -0.39 is 0 Å². The molecule has 0 saturated heterocycles. The zero-order chi connectivity index (χ0) is 10.8. The number of benzene rings is 1. The van der Waals surface area contributed by atoms with Gasteiger partial charge < -0.3 is 0 Å². The summed E-state index contributed by atoms with van der Waals surface area (Å²) in [4.78, 5) is 0. The van der Waals surface area contributed by atoms with E-state index in [1.165, 1.54) is 36.0 Å². The standard InChI is InChI=1S/C14H17Cl/c1-10-7-8-13(14(15)9-10)12-6-4-3-5-11(12)2/h7-9,12H,2-6H2,1H3. The summed E-state index contributed by atoms with van der Waals surface area (Å²) in [7, 11) is 0. The lowest BCUT2D eigenvalue weighted by molar-refractivity contribution is 0.543. The van der Waals surface area contributed by atoms with Gasteiger partial charge in [0.05, 0.1) is 0 Å². The zero-order valence-corrected chi connectivity index (χ0v) is 9.98. The average molecular weight is 221 g/mol. The fraction of sp³-hybridized carbons (Fsp3) is 0.429. The minimum absolute atomic E-state index is 0.492. The quantitative estimate of drug-likeness (QED) is 0.593. The Labute approximate surface area is 97.0 Å². The predicted molar refractivity (Wildman–Crippen MR) is 66.5 cm³/mol. The van der Waals surface area contributed by atoms with Crippen molar-refractivity contribution in [2.24, 2.45) is 0 Å². The second-order valence-corrected chi connectivity index (χ2v) is 4.89. The van der Waals surface area contributed by atoms with Gasteiger partial charge in [0.15, 0.2) is 0 Å². The Hall–Kier alpha value is -0.750. The summed E-state index contributed by atoms with van der Waals surface area (Å²) in [5.41, 5.74) is 3.85. The van der Waals surface area contributed by atoms with Crippen molar-refractivity contribution >= 4 is 11.6 Å². The fourth-order valence-corrected chi connectivity index (χ4v) is 2.74. The Morgan fingerprint density at radius 3 is 2.80 bits per heavy atom. The number of rotatable bonds is 1. The number of allylic oxidation sites excluding steroid dienone is 1. The maximum Gasteiger partial charge on any atom is 0.0446 e. The van der Waals surface area contributed by atoms with Crippen LogP contribution in [0, 0.1) is 6.92 Å². The van der Waals surface area contributed by atoms with Crippen LogP contribution in [0.25, 0.3) is 0 Å². The van der Waals surface area contributed by atoms with E-state index in [9.17, 15) is 0 Å². The van der Waals surface area contributed by atoms with Gasteiger partial charge in [0, 0.05) is 10.9 Å². The summed E-state index contributed by atoms with van der Waals surface area (Å²) in [6.45, 7) is 6.25. The van der Waals surface area contributed by atoms with Crippen LogP contribution in [-0.4, -0.2) is 0 Å². The topological polar surface area (TPSA) is 0 Å². The normalized spacial score (nSPS) is 21.7. The molecule has 1 saturated carbocycles. The van der Waals surface area contributed by atoms with E-state index in [0.717, 1.165) is 11.4 Å². The van der Waals surface area contributed by atoms with E-state index in [1.54, 1.807) is 0 Å². The lowest BCUT2D eigenvalue weighted by Crippen LogP contribution is -2.08. The molecule has 1 heteroatoms. The SMILES string of the molecule is C=C1CCCCC1c1ccc(C)cc1Cl. The van der Waals surface area contributed by atoms with Crippen molar-refractivity contribution < 1.29 is 0 Å². The maximum absolute atomic E-state index is 6.29. The molecule has 0 amide bonds. The first kappa shape index (κ1) is 10.8. The third-order valence-corrected chi connectivity index (χ3v) is 3.59. The highest BCUT2D eigenvalue weighted by atomic mass is 35.5. The Bertz CT molecular complexity index is 379. The van der Waals surface area contributed by atoms with Gasteiger partial charge in [-0.1, -0.05) is 42.3 Å². The van der Waals surface area contributed by atoms with Crippen LogP contribution in [0.1, 0.15) is 42.7 Å². The first-order valence-electron chi connectivity index (χ1n) is 5.62. The zero-order valence-electron chi connectivity index (χ0n) is 9.22. The lowest BCUT2D eigenvalue weighted by atomic mass is 9.80. The van der Waals surface area contributed by atoms with Gasteiger partial charge in [-0.2, -0.15) is 0 Å². The first-order valence-corrected chi connectivity index (χ1v) is 6.00. The second-order valence-electron chi connectivity index (χ2n) is 4.48. The molecule has 1 fully saturated rings. The average Bonchev–Trinajstić information content (AvgIpc) is 2.20. The molecule has 80 valence electrons. The van der Waals surface area contributed by atoms with E-state index in [4.69, 9.17) is 11.6 Å². The van der Waals surface area contributed by atoms with Crippen molar-refractivity contribution in [3.63, 3.8) is 0 Å². The smallest absolute Gasteiger partial charge is 0.0446 e. The summed E-state index contributed by atoms with van der Waals surface area (Å²) < 4.78 is 0. The van der Waals surface area contributed by atoms with Crippen LogP contribution in [0.3, 0.4) is 0 Å². The van der Waals surface area contributed by atoms with Crippen molar-refractivity contribution in [1.82, 2.24) is 0 Å². The van der Waals surface area contributed by atoms with Crippen LogP contribution in [0.4, 0.5) is 0 Å². The van der Waals surface area contributed by atoms with Crippen molar-refractivity contribution in [2.75, 3.05) is 0 Å². The summed E-state index contributed by atoms with van der Waals surface area (Å²) in [5, 5.41) is 0.906. The second kappa shape index (κ2) is 4.40. The third-order valence-electron chi connectivity index (χ3n) is 3.26. The van der Waals surface area contributed by atoms with Crippen LogP contribution < -0.4 is 0 Å². The minimum Gasteiger partial charge on any atom is -0.0992 e. The largest absolute Gasteiger partial charge is 0.0992 e. The van der Waals surface area contributed by atoms with Gasteiger partial charge in [0.1, 0.15) is 0 Å². The molecule has 1 aromatic rings. The van der Waals surface area contributed by atoms with Gasteiger partial charge in [0.2, 0.25) is 0 Å². The van der Waals surface area contributed by atoms with E-state index in [0.29, 0.717) is 5.92 Å². The van der Waals surface area contributed by atoms with Crippen LogP contribution in [-0.2, 0) is 0 Å². The summed E-state index contributed by atoms with van der Waals surface area (Å²) in [6, 6.07) is 6.36. The molecule has 0 aromatic heterocycles. The first-order chi connectivity index (χ1) is 7.18. The monoisotopic (exact) mass is 220 g/mol. The van der Waals surface area contributed by atoms with E-state index in [1.807, 2.05) is 0 Å². The molecule has 1 atom stereocenters. The molecule has 1 aliphatic carbocycles. The fourth-order valence-electron chi connectivity index (χ4n) is 2.37. The van der Waals surface area contributed by atoms with Crippen molar-refractivity contribution in [1.29, 1.82) is 0 Å². The van der Waals surface area contributed by atoms with Crippen molar-refractivity contribution in [2.45, 2.75) is 38.5 Å². The molecule has 0 radical (unpaired) electrons. The highest BCUT2D eigenvalue weighted by Gasteiger charge is 2.20. The Morgan fingerprint density at radius 2 is 2.13 bits per heavy atom. The molecule has 0 aliphatic heterocycles. The van der Waals surface area contributed by atoms with Crippen LogP contribution >= 0.6 is 11.6 Å². The molecule has 15 heavy (non-hydrogen) atoms. The predicted octanol–water partition coefficient (Wildman–Crippen LogP) is 4.86. The van der Waals surface area contributed by atoms with Crippen molar-refractivity contribution in [3.05, 3.63) is 46.5 Å². The molecular formula is C14H17Cl. The van der Waals surface area contributed by atoms with Gasteiger partial charge in [-0.05, 0) is 43.4 Å². The van der Waals surface area contributed by atoms with Crippen LogP contribution in [0.5, 0.6) is 0 Å². The van der Waals surface area contributed by atoms with Gasteiger partial charge in [0.25, 0.3) is 0 Å². The molecule has 1 aromatic carbocycles. The van der Waals surface area contributed by atoms with Crippen molar-refractivity contribution in [3.8, 4) is 0 Å². The maximum atomic E-state index is 6.29. The molecule has 0 bridgehead atoms. The molecule has 0 heterocycles. The number of hydrogen-bond donors (Lipinski definition) is 0. The van der Waals surface area contributed by atoms with E-state index in [-0.39, 0.29) is 0 Å². The molecule has 0 N–H and O–H groups in total. The summed E-state index contributed by atoms with van der Waals surface area (Å²) in [5.74, 6) is 0.492. The number of halogens is 1. The van der Waals surface area contributed by atoms with Crippen LogP contribution in [0.15, 0.2) is 30.4 Å². The minimum atomic E-state index is 0.492. The van der Waals surface area contributed by atoms with Gasteiger partial charge in [-0.25, -0.2) is 0 Å². The lowest BCUT2D eigenvalue weighted by Gasteiger charge is -2.25. The Kier molecular flexibility index (Phi) is 3.16. The van der Waals surface area contributed by atoms with Gasteiger partial charge in [-0.15, -0.1) is 0 Å². The van der Waals surface area contributed by atoms with E-state index >= 15 is 0 Å². The van der Waals surface area contributed by atoms with Gasteiger partial charge >= 0.3 is 0 Å². The Balaban J connectivity index is 2.31. The third kappa shape index (κ3) is 2.26. The Morgan fingerprint density at radius 1 is 1.33 bits per heavy atom. The highest BCUT2D eigenvalue weighted by molar-refractivity contribution is 6.31. The van der Waals surface area contributed by atoms with Crippen LogP contribution in [0.2, 0.25) is 5.02 Å². The molecule has 1 aliphatic rings. The van der Waals surface area contributed by atoms with Gasteiger partial charge in [-0.3, -0.25) is 0 Å². The molecule has 1 unspecified atom stereocenters. The summed E-state index contributed by atoms with van der Waals surface area (Å²) in [6.07, 6.45) is 4.96. The molecule has 0 spiro atoms. The van der Waals surface area contributed by atoms with E-state index in [2.05, 4.69) is 31.7 Å². The molecular weight excluding hydrogens is 204 g/mol. The highest BCUT2D eigenvalue weighted by Crippen LogP contribution is 2.39. The molecule has 2 rings (SSSR count).